The number of aryl methyl sites for hydroxylation is 1. The van der Waals surface area contributed by atoms with Crippen LogP contribution in [0.4, 0.5) is 5.13 Å². The van der Waals surface area contributed by atoms with Crippen molar-refractivity contribution in [1.29, 1.82) is 0 Å². The zero-order valence-corrected chi connectivity index (χ0v) is 15.5. The van der Waals surface area contributed by atoms with Gasteiger partial charge in [-0.05, 0) is 18.9 Å². The van der Waals surface area contributed by atoms with E-state index in [1.807, 2.05) is 45.0 Å². The van der Waals surface area contributed by atoms with E-state index in [0.29, 0.717) is 5.13 Å². The number of ether oxygens (including phenoxy) is 1. The third-order valence-electron chi connectivity index (χ3n) is 3.46. The van der Waals surface area contributed by atoms with E-state index in [2.05, 4.69) is 20.8 Å². The highest BCUT2D eigenvalue weighted by Gasteiger charge is 2.25. The lowest BCUT2D eigenvalue weighted by atomic mass is 10.0. The van der Waals surface area contributed by atoms with Crippen LogP contribution in [0.15, 0.2) is 24.3 Å². The van der Waals surface area contributed by atoms with E-state index in [4.69, 9.17) is 4.74 Å². The molecule has 1 atom stereocenters. The van der Waals surface area contributed by atoms with E-state index >= 15 is 0 Å². The van der Waals surface area contributed by atoms with Crippen molar-refractivity contribution in [2.24, 2.45) is 5.92 Å². The SMILES string of the molecule is COCC(=O)N[C@H](C(=O)Nc1nnc(-c2cccc(C)c2)s1)C(C)C. The second-order valence-corrected chi connectivity index (χ2v) is 6.97. The minimum atomic E-state index is -0.672. The van der Waals surface area contributed by atoms with Gasteiger partial charge in [0.15, 0.2) is 0 Å². The van der Waals surface area contributed by atoms with Gasteiger partial charge < -0.3 is 10.1 Å². The molecule has 0 aliphatic rings. The smallest absolute Gasteiger partial charge is 0.249 e. The Hall–Kier alpha value is -2.32. The molecule has 2 rings (SSSR count). The lowest BCUT2D eigenvalue weighted by Gasteiger charge is -2.20. The van der Waals surface area contributed by atoms with Crippen LogP contribution in [0.1, 0.15) is 19.4 Å². The van der Waals surface area contributed by atoms with E-state index in [0.717, 1.165) is 16.1 Å². The molecular weight excluding hydrogens is 340 g/mol. The molecule has 1 aromatic carbocycles. The molecule has 8 heteroatoms. The van der Waals surface area contributed by atoms with Gasteiger partial charge >= 0.3 is 0 Å². The van der Waals surface area contributed by atoms with Gasteiger partial charge in [-0.15, -0.1) is 10.2 Å². The van der Waals surface area contributed by atoms with Gasteiger partial charge in [0, 0.05) is 12.7 Å². The van der Waals surface area contributed by atoms with Crippen molar-refractivity contribution < 1.29 is 14.3 Å². The highest BCUT2D eigenvalue weighted by molar-refractivity contribution is 7.18. The van der Waals surface area contributed by atoms with Gasteiger partial charge in [-0.1, -0.05) is 48.9 Å². The Labute approximate surface area is 150 Å². The summed E-state index contributed by atoms with van der Waals surface area (Å²) in [5, 5.41) is 14.7. The lowest BCUT2D eigenvalue weighted by molar-refractivity contribution is -0.129. The van der Waals surface area contributed by atoms with Gasteiger partial charge in [-0.3, -0.25) is 14.9 Å². The number of carbonyl (C=O) groups excluding carboxylic acids is 2. The van der Waals surface area contributed by atoms with Gasteiger partial charge in [0.1, 0.15) is 17.7 Å². The summed E-state index contributed by atoms with van der Waals surface area (Å²) >= 11 is 1.29. The predicted molar refractivity (Wildman–Crippen MR) is 97.4 cm³/mol. The lowest BCUT2D eigenvalue weighted by Crippen LogP contribution is -2.48. The maximum Gasteiger partial charge on any atom is 0.249 e. The van der Waals surface area contributed by atoms with Crippen LogP contribution >= 0.6 is 11.3 Å². The number of rotatable bonds is 7. The van der Waals surface area contributed by atoms with E-state index in [-0.39, 0.29) is 24.3 Å². The maximum absolute atomic E-state index is 12.5. The molecule has 0 saturated carbocycles. The van der Waals surface area contributed by atoms with Crippen molar-refractivity contribution in [3.63, 3.8) is 0 Å². The Bertz CT molecular complexity index is 745. The fourth-order valence-electron chi connectivity index (χ4n) is 2.23. The van der Waals surface area contributed by atoms with Crippen LogP contribution in [-0.2, 0) is 14.3 Å². The Morgan fingerprint density at radius 1 is 1.28 bits per heavy atom. The van der Waals surface area contributed by atoms with Gasteiger partial charge in [0.05, 0.1) is 0 Å². The second-order valence-electron chi connectivity index (χ2n) is 5.99. The van der Waals surface area contributed by atoms with Crippen LogP contribution in [0.25, 0.3) is 10.6 Å². The first-order valence-corrected chi connectivity index (χ1v) is 8.72. The number of hydrogen-bond acceptors (Lipinski definition) is 6. The number of carbonyl (C=O) groups is 2. The third-order valence-corrected chi connectivity index (χ3v) is 4.35. The number of nitrogens with one attached hydrogen (secondary N) is 2. The topological polar surface area (TPSA) is 93.2 Å². The highest BCUT2D eigenvalue weighted by Crippen LogP contribution is 2.27. The summed E-state index contributed by atoms with van der Waals surface area (Å²) < 4.78 is 4.78. The number of aromatic nitrogens is 2. The Morgan fingerprint density at radius 3 is 2.68 bits per heavy atom. The molecule has 2 amide bonds. The van der Waals surface area contributed by atoms with Crippen molar-refractivity contribution in [1.82, 2.24) is 15.5 Å². The first-order chi connectivity index (χ1) is 11.9. The van der Waals surface area contributed by atoms with E-state index in [1.54, 1.807) is 0 Å². The van der Waals surface area contributed by atoms with E-state index in [1.165, 1.54) is 18.4 Å². The molecule has 0 aliphatic heterocycles. The van der Waals surface area contributed by atoms with Crippen molar-refractivity contribution >= 4 is 28.3 Å². The molecule has 0 radical (unpaired) electrons. The maximum atomic E-state index is 12.5. The molecule has 0 spiro atoms. The Morgan fingerprint density at radius 2 is 2.04 bits per heavy atom. The Kier molecular flexibility index (Phi) is 6.60. The molecule has 134 valence electrons. The third kappa shape index (κ3) is 5.33. The average molecular weight is 362 g/mol. The number of nitrogens with zero attached hydrogens (tertiary/aromatic N) is 2. The minimum Gasteiger partial charge on any atom is -0.375 e. The van der Waals surface area contributed by atoms with Crippen molar-refractivity contribution in [3.05, 3.63) is 29.8 Å². The highest BCUT2D eigenvalue weighted by atomic mass is 32.1. The van der Waals surface area contributed by atoms with Crippen molar-refractivity contribution in [3.8, 4) is 10.6 Å². The molecule has 0 fully saturated rings. The fraction of sp³-hybridized carbons (Fsp3) is 0.412. The van der Waals surface area contributed by atoms with Crippen LogP contribution in [0, 0.1) is 12.8 Å². The summed E-state index contributed by atoms with van der Waals surface area (Å²) in [5.41, 5.74) is 2.07. The summed E-state index contributed by atoms with van der Waals surface area (Å²) in [7, 11) is 1.43. The first-order valence-electron chi connectivity index (χ1n) is 7.90. The summed E-state index contributed by atoms with van der Waals surface area (Å²) in [6, 6.07) is 7.23. The zero-order valence-electron chi connectivity index (χ0n) is 14.7. The monoisotopic (exact) mass is 362 g/mol. The van der Waals surface area contributed by atoms with E-state index in [9.17, 15) is 9.59 Å². The van der Waals surface area contributed by atoms with Crippen LogP contribution in [0.5, 0.6) is 0 Å². The molecule has 25 heavy (non-hydrogen) atoms. The second kappa shape index (κ2) is 8.68. The summed E-state index contributed by atoms with van der Waals surface area (Å²) in [6.45, 7) is 5.63. The van der Waals surface area contributed by atoms with Crippen molar-refractivity contribution in [2.45, 2.75) is 26.8 Å². The standard InChI is InChI=1S/C17H22N4O3S/c1-10(2)14(18-13(22)9-24-4)15(23)19-17-21-20-16(25-17)12-7-5-6-11(3)8-12/h5-8,10,14H,9H2,1-4H3,(H,18,22)(H,19,21,23)/t14-/m0/s1. The molecule has 7 nitrogen and oxygen atoms in total. The summed E-state index contributed by atoms with van der Waals surface area (Å²) in [4.78, 5) is 24.2. The van der Waals surface area contributed by atoms with Gasteiger partial charge in [-0.2, -0.15) is 0 Å². The minimum absolute atomic E-state index is 0.0787. The predicted octanol–water partition coefficient (Wildman–Crippen LogP) is 2.24. The molecule has 0 bridgehead atoms. The average Bonchev–Trinajstić information content (AvgIpc) is 3.01. The quantitative estimate of drug-likeness (QED) is 0.788. The Balaban J connectivity index is 2.07. The molecule has 0 saturated heterocycles. The number of amides is 2. The molecular formula is C17H22N4O3S. The van der Waals surface area contributed by atoms with Gasteiger partial charge in [0.2, 0.25) is 16.9 Å². The largest absolute Gasteiger partial charge is 0.375 e. The first kappa shape index (κ1) is 19.0. The number of methoxy groups -OCH3 is 1. The molecule has 1 aromatic heterocycles. The van der Waals surface area contributed by atoms with Gasteiger partial charge in [0.25, 0.3) is 0 Å². The van der Waals surface area contributed by atoms with Crippen LogP contribution < -0.4 is 10.6 Å². The number of hydrogen-bond donors (Lipinski definition) is 2. The molecule has 0 aliphatic carbocycles. The zero-order chi connectivity index (χ0) is 18.4. The van der Waals surface area contributed by atoms with Crippen LogP contribution in [0.2, 0.25) is 0 Å². The van der Waals surface area contributed by atoms with Gasteiger partial charge in [-0.25, -0.2) is 0 Å². The molecule has 0 unspecified atom stereocenters. The van der Waals surface area contributed by atoms with Crippen LogP contribution in [-0.4, -0.2) is 41.8 Å². The molecule has 2 N–H and O–H groups in total. The number of benzene rings is 1. The number of anilines is 1. The molecule has 1 heterocycles. The normalized spacial score (nSPS) is 12.0. The van der Waals surface area contributed by atoms with Crippen LogP contribution in [0.3, 0.4) is 0 Å². The fourth-order valence-corrected chi connectivity index (χ4v) is 2.98. The van der Waals surface area contributed by atoms with Crippen molar-refractivity contribution in [2.75, 3.05) is 19.0 Å². The summed E-state index contributed by atoms with van der Waals surface area (Å²) in [6.07, 6.45) is 0. The summed E-state index contributed by atoms with van der Waals surface area (Å²) in [5.74, 6) is -0.745. The molecule has 2 aromatic rings. The van der Waals surface area contributed by atoms with E-state index < -0.39 is 6.04 Å².